The van der Waals surface area contributed by atoms with E-state index in [1.54, 1.807) is 0 Å². The zero-order chi connectivity index (χ0) is 46.3. The van der Waals surface area contributed by atoms with Crippen molar-refractivity contribution >= 4 is 122 Å². The Hall–Kier alpha value is -9.32. The number of anilines is 6. The lowest BCUT2D eigenvalue weighted by atomic mass is 9.33. The third kappa shape index (κ3) is 5.51. The van der Waals surface area contributed by atoms with Crippen molar-refractivity contribution in [1.82, 2.24) is 9.97 Å². The average Bonchev–Trinajstić information content (AvgIpc) is 3.44. The number of fused-ring (bicyclic) bond motifs is 6. The van der Waals surface area contributed by atoms with Crippen molar-refractivity contribution < 1.29 is 0 Å². The molecule has 1 aromatic heterocycles. The maximum Gasteiger partial charge on any atom is 0.252 e. The first-order valence-corrected chi connectivity index (χ1v) is 24.5. The van der Waals surface area contributed by atoms with Crippen LogP contribution in [0.3, 0.4) is 0 Å². The molecule has 2 aliphatic rings. The normalized spacial score (nSPS) is 13.0. The Bertz CT molecular complexity index is 4150. The maximum absolute atomic E-state index is 5.51. The molecule has 5 heteroatoms. The highest BCUT2D eigenvalue weighted by Crippen LogP contribution is 2.51. The molecule has 4 nitrogen and oxygen atoms in total. The van der Waals surface area contributed by atoms with Gasteiger partial charge in [0.15, 0.2) is 5.82 Å². The lowest BCUT2D eigenvalue weighted by Gasteiger charge is -2.45. The van der Waals surface area contributed by atoms with Crippen molar-refractivity contribution in [2.45, 2.75) is 0 Å². The van der Waals surface area contributed by atoms with Gasteiger partial charge in [-0.1, -0.05) is 194 Å². The van der Waals surface area contributed by atoms with Crippen molar-refractivity contribution in [3.05, 3.63) is 237 Å². The molecule has 0 amide bonds. The topological polar surface area (TPSA) is 32.3 Å². The summed E-state index contributed by atoms with van der Waals surface area (Å²) < 4.78 is 0. The number of para-hydroxylation sites is 2. The third-order valence-electron chi connectivity index (χ3n) is 15.4. The monoisotopic (exact) mass is 898 g/mol. The zero-order valence-corrected chi connectivity index (χ0v) is 38.4. The van der Waals surface area contributed by atoms with Gasteiger partial charge in [0.05, 0.1) is 11.4 Å². The molecule has 16 rings (SSSR count). The molecule has 0 atom stereocenters. The summed E-state index contributed by atoms with van der Waals surface area (Å²) >= 11 is 0. The van der Waals surface area contributed by atoms with E-state index in [9.17, 15) is 0 Å². The van der Waals surface area contributed by atoms with Gasteiger partial charge in [-0.2, -0.15) is 0 Å². The van der Waals surface area contributed by atoms with E-state index in [0.717, 1.165) is 50.8 Å². The van der Waals surface area contributed by atoms with E-state index < -0.39 is 0 Å². The van der Waals surface area contributed by atoms with E-state index in [1.165, 1.54) is 92.4 Å². The largest absolute Gasteiger partial charge is 0.311 e. The van der Waals surface area contributed by atoms with Gasteiger partial charge in [-0.25, -0.2) is 9.97 Å². The van der Waals surface area contributed by atoms with Crippen LogP contribution < -0.4 is 26.2 Å². The molecular weight excluding hydrogens is 860 g/mol. The van der Waals surface area contributed by atoms with Crippen LogP contribution in [0.1, 0.15) is 0 Å². The highest BCUT2D eigenvalue weighted by molar-refractivity contribution is 7.01. The van der Waals surface area contributed by atoms with Gasteiger partial charge in [0.2, 0.25) is 0 Å². The number of nitrogens with zero attached hydrogens (tertiary/aromatic N) is 4. The summed E-state index contributed by atoms with van der Waals surface area (Å²) in [6.07, 6.45) is 0. The Morgan fingerprint density at radius 3 is 1.20 bits per heavy atom. The predicted octanol–water partition coefficient (Wildman–Crippen LogP) is 15.4. The molecule has 14 aromatic rings. The summed E-state index contributed by atoms with van der Waals surface area (Å²) in [5.74, 6) is 0.689. The van der Waals surface area contributed by atoms with Crippen LogP contribution in [0.4, 0.5) is 34.1 Å². The standard InChI is InChI=1S/C66H39BN4/c1-5-15-40(16-6-1)55-39-56(69-66(68-55)45-17-7-2-8-18-45)48-37-57-63-58(38-48)71(50-25-11-4-12-26-50)65-52-34-32-44-22-14-20-42-28-30-47(62(52)60(42)44)36-54(65)67(63)53-35-46-29-27-41-19-13-21-43-31-33-51(61(46)59(41)43)64(53)70(57)49-23-9-3-10-24-49/h1-39H. The molecule has 0 unspecified atom stereocenters. The summed E-state index contributed by atoms with van der Waals surface area (Å²) in [4.78, 5) is 15.9. The first-order valence-electron chi connectivity index (χ1n) is 24.5. The van der Waals surface area contributed by atoms with E-state index in [2.05, 4.69) is 240 Å². The summed E-state index contributed by atoms with van der Waals surface area (Å²) in [5.41, 5.74) is 15.5. The van der Waals surface area contributed by atoms with Crippen molar-refractivity contribution in [2.24, 2.45) is 0 Å². The summed E-state index contributed by atoms with van der Waals surface area (Å²) in [6, 6.07) is 87.1. The number of aromatic nitrogens is 2. The molecule has 13 aromatic carbocycles. The number of hydrogen-bond acceptors (Lipinski definition) is 4. The van der Waals surface area contributed by atoms with Crippen molar-refractivity contribution in [1.29, 1.82) is 0 Å². The van der Waals surface area contributed by atoms with Gasteiger partial charge in [0, 0.05) is 61.6 Å². The molecule has 326 valence electrons. The van der Waals surface area contributed by atoms with Gasteiger partial charge >= 0.3 is 0 Å². The minimum Gasteiger partial charge on any atom is -0.311 e. The van der Waals surface area contributed by atoms with Gasteiger partial charge in [0.1, 0.15) is 0 Å². The Labute approximate surface area is 410 Å². The molecule has 0 N–H and O–H groups in total. The second-order valence-corrected chi connectivity index (χ2v) is 19.2. The summed E-state index contributed by atoms with van der Waals surface area (Å²) in [6.45, 7) is -0.118. The fourth-order valence-corrected chi connectivity index (χ4v) is 12.5. The summed E-state index contributed by atoms with van der Waals surface area (Å²) in [5, 5.41) is 15.2. The molecule has 0 spiro atoms. The van der Waals surface area contributed by atoms with Gasteiger partial charge in [0.25, 0.3) is 6.71 Å². The summed E-state index contributed by atoms with van der Waals surface area (Å²) in [7, 11) is 0. The van der Waals surface area contributed by atoms with Gasteiger partial charge in [-0.3, -0.25) is 0 Å². The quantitative estimate of drug-likeness (QED) is 0.127. The Morgan fingerprint density at radius 1 is 0.310 bits per heavy atom. The fourth-order valence-electron chi connectivity index (χ4n) is 12.5. The van der Waals surface area contributed by atoms with E-state index in [1.807, 2.05) is 6.07 Å². The smallest absolute Gasteiger partial charge is 0.252 e. The van der Waals surface area contributed by atoms with Gasteiger partial charge < -0.3 is 9.80 Å². The average molecular weight is 899 g/mol. The first-order chi connectivity index (χ1) is 35.2. The van der Waals surface area contributed by atoms with Crippen LogP contribution in [0.5, 0.6) is 0 Å². The lowest BCUT2D eigenvalue weighted by molar-refractivity contribution is 1.18. The van der Waals surface area contributed by atoms with Crippen LogP contribution in [-0.2, 0) is 0 Å². The van der Waals surface area contributed by atoms with Crippen LogP contribution in [0.2, 0.25) is 0 Å². The van der Waals surface area contributed by atoms with Crippen molar-refractivity contribution in [3.8, 4) is 33.9 Å². The highest BCUT2D eigenvalue weighted by Gasteiger charge is 2.45. The van der Waals surface area contributed by atoms with Crippen LogP contribution in [0, 0.1) is 0 Å². The molecule has 0 aliphatic carbocycles. The van der Waals surface area contributed by atoms with E-state index in [0.29, 0.717) is 5.82 Å². The zero-order valence-electron chi connectivity index (χ0n) is 38.4. The fraction of sp³-hybridized carbons (Fsp3) is 0. The molecular formula is C66H39BN4. The first kappa shape index (κ1) is 38.6. The molecule has 71 heavy (non-hydrogen) atoms. The molecule has 0 radical (unpaired) electrons. The van der Waals surface area contributed by atoms with Crippen LogP contribution in [0.15, 0.2) is 237 Å². The minimum absolute atomic E-state index is 0.118. The van der Waals surface area contributed by atoms with Crippen molar-refractivity contribution in [3.63, 3.8) is 0 Å². The van der Waals surface area contributed by atoms with Gasteiger partial charge in [-0.05, 0) is 113 Å². The van der Waals surface area contributed by atoms with Gasteiger partial charge in [-0.15, -0.1) is 0 Å². The highest BCUT2D eigenvalue weighted by atomic mass is 15.2. The molecule has 0 saturated heterocycles. The third-order valence-corrected chi connectivity index (χ3v) is 15.4. The maximum atomic E-state index is 5.51. The molecule has 3 heterocycles. The number of rotatable bonds is 5. The second-order valence-electron chi connectivity index (χ2n) is 19.2. The lowest BCUT2D eigenvalue weighted by Crippen LogP contribution is -2.61. The number of benzene rings is 13. The molecule has 0 fully saturated rings. The van der Waals surface area contributed by atoms with Crippen LogP contribution in [0.25, 0.3) is 98.5 Å². The molecule has 0 bridgehead atoms. The SMILES string of the molecule is c1ccc(-c2cc(-c3cc4c5c(c3)N(c3ccccc3)c3c(cc6ccc7cccc8ccc3c6c78)B5c3cc5ccc6cccc7ccc(c3N4c3ccccc3)c5c67)nc(-c3ccccc3)n2)cc1. The Balaban J connectivity index is 1.09. The number of hydrogen-bond donors (Lipinski definition) is 0. The molecule has 0 saturated carbocycles. The van der Waals surface area contributed by atoms with E-state index >= 15 is 0 Å². The Kier molecular flexibility index (Phi) is 7.94. The van der Waals surface area contributed by atoms with Crippen LogP contribution >= 0.6 is 0 Å². The van der Waals surface area contributed by atoms with Crippen molar-refractivity contribution in [2.75, 3.05) is 9.80 Å². The van der Waals surface area contributed by atoms with Crippen LogP contribution in [-0.4, -0.2) is 16.7 Å². The van der Waals surface area contributed by atoms with E-state index in [4.69, 9.17) is 9.97 Å². The molecule has 2 aliphatic heterocycles. The second kappa shape index (κ2) is 14.6. The minimum atomic E-state index is -0.118. The Morgan fingerprint density at radius 2 is 0.718 bits per heavy atom. The van der Waals surface area contributed by atoms with E-state index in [-0.39, 0.29) is 6.71 Å². The predicted molar refractivity (Wildman–Crippen MR) is 300 cm³/mol.